The number of piperidine rings is 1. The predicted molar refractivity (Wildman–Crippen MR) is 211 cm³/mol. The van der Waals surface area contributed by atoms with E-state index < -0.39 is 21.9 Å². The molecule has 0 aliphatic carbocycles. The molecule has 3 fully saturated rings. The number of anilines is 1. The lowest BCUT2D eigenvalue weighted by atomic mass is 9.85. The Labute approximate surface area is 322 Å². The summed E-state index contributed by atoms with van der Waals surface area (Å²) in [6.07, 6.45) is 1.15. The molecule has 3 atom stereocenters. The summed E-state index contributed by atoms with van der Waals surface area (Å²) in [6.45, 7) is 2.89. The van der Waals surface area contributed by atoms with Gasteiger partial charge in [0.1, 0.15) is 5.54 Å². The summed E-state index contributed by atoms with van der Waals surface area (Å²) in [7, 11) is -3.67. The topological polar surface area (TPSA) is 120 Å². The van der Waals surface area contributed by atoms with Gasteiger partial charge in [-0.1, -0.05) is 109 Å². The first-order chi connectivity index (χ1) is 26.8. The van der Waals surface area contributed by atoms with Crippen LogP contribution in [0.4, 0.5) is 5.69 Å². The van der Waals surface area contributed by atoms with Crippen molar-refractivity contribution >= 4 is 21.6 Å². The maximum absolute atomic E-state index is 13.3. The first-order valence-electron chi connectivity index (χ1n) is 18.9. The van der Waals surface area contributed by atoms with Crippen molar-refractivity contribution in [2.75, 3.05) is 31.2 Å². The average Bonchev–Trinajstić information content (AvgIpc) is 3.55. The second kappa shape index (κ2) is 16.1. The van der Waals surface area contributed by atoms with E-state index >= 15 is 0 Å². The Morgan fingerprint density at radius 1 is 0.782 bits per heavy atom. The summed E-state index contributed by atoms with van der Waals surface area (Å²) in [4.78, 5) is 18.1. The molecule has 284 valence electrons. The van der Waals surface area contributed by atoms with E-state index in [1.54, 1.807) is 30.3 Å². The Morgan fingerprint density at radius 3 is 2.15 bits per heavy atom. The normalized spacial score (nSPS) is 21.4. The minimum absolute atomic E-state index is 0.0231. The van der Waals surface area contributed by atoms with Gasteiger partial charge in [-0.3, -0.25) is 4.79 Å². The van der Waals surface area contributed by atoms with Gasteiger partial charge in [-0.05, 0) is 64.9 Å². The molecule has 1 amide bonds. The molecule has 3 saturated heterocycles. The molecule has 8 rings (SSSR count). The van der Waals surface area contributed by atoms with Crippen molar-refractivity contribution in [2.45, 2.75) is 61.3 Å². The molecule has 3 N–H and O–H groups in total. The first-order valence-corrected chi connectivity index (χ1v) is 20.4. The van der Waals surface area contributed by atoms with Gasteiger partial charge in [0, 0.05) is 43.9 Å². The summed E-state index contributed by atoms with van der Waals surface area (Å²) < 4.78 is 42.0. The zero-order valence-corrected chi connectivity index (χ0v) is 31.4. The molecule has 10 nitrogen and oxygen atoms in total. The van der Waals surface area contributed by atoms with Crippen LogP contribution in [0.25, 0.3) is 11.1 Å². The fourth-order valence-electron chi connectivity index (χ4n) is 8.09. The lowest BCUT2D eigenvalue weighted by Crippen LogP contribution is -2.57. The molecule has 5 aromatic carbocycles. The molecular weight excluding hydrogens is 713 g/mol. The second-order valence-corrected chi connectivity index (χ2v) is 16.3. The molecule has 3 heterocycles. The van der Waals surface area contributed by atoms with Crippen molar-refractivity contribution in [3.05, 3.63) is 156 Å². The SMILES string of the molecule is O=C1NCN(c2ccccc2)C12CCN(CC1CC(c3ccc(CO)cc3)OC(c3ccc(-c4ccccc4CNS(=O)(=O)c4ccccc4)cc3)O1)CC2. The van der Waals surface area contributed by atoms with Crippen LogP contribution in [-0.2, 0) is 37.4 Å². The number of aliphatic hydroxyl groups is 1. The van der Waals surface area contributed by atoms with Gasteiger partial charge < -0.3 is 29.7 Å². The molecule has 0 bridgehead atoms. The summed E-state index contributed by atoms with van der Waals surface area (Å²) in [5.74, 6) is 0.101. The summed E-state index contributed by atoms with van der Waals surface area (Å²) in [6, 6.07) is 42.3. The first kappa shape index (κ1) is 37.1. The fraction of sp³-hybridized carbons (Fsp3) is 0.295. The van der Waals surface area contributed by atoms with Crippen molar-refractivity contribution in [2.24, 2.45) is 0 Å². The van der Waals surface area contributed by atoms with Gasteiger partial charge in [0.25, 0.3) is 0 Å². The number of sulfonamides is 1. The molecule has 3 aliphatic heterocycles. The number of rotatable bonds is 11. The maximum atomic E-state index is 13.3. The number of carbonyl (C=O) groups is 1. The van der Waals surface area contributed by atoms with Crippen LogP contribution in [0.3, 0.4) is 0 Å². The summed E-state index contributed by atoms with van der Waals surface area (Å²) in [5, 5.41) is 12.7. The van der Waals surface area contributed by atoms with E-state index in [2.05, 4.69) is 32.0 Å². The number of benzene rings is 5. The van der Waals surface area contributed by atoms with Gasteiger partial charge >= 0.3 is 0 Å². The number of amides is 1. The van der Waals surface area contributed by atoms with E-state index in [0.29, 0.717) is 19.6 Å². The molecule has 0 saturated carbocycles. The minimum atomic E-state index is -3.67. The highest BCUT2D eigenvalue weighted by Crippen LogP contribution is 2.40. The number of carbonyl (C=O) groups excluding carboxylic acids is 1. The van der Waals surface area contributed by atoms with E-state index in [-0.39, 0.29) is 36.2 Å². The highest BCUT2D eigenvalue weighted by atomic mass is 32.2. The van der Waals surface area contributed by atoms with Crippen molar-refractivity contribution < 1.29 is 27.8 Å². The third-order valence-corrected chi connectivity index (χ3v) is 12.6. The van der Waals surface area contributed by atoms with E-state index in [9.17, 15) is 18.3 Å². The third kappa shape index (κ3) is 7.95. The molecule has 3 aliphatic rings. The van der Waals surface area contributed by atoms with Gasteiger partial charge in [-0.2, -0.15) is 0 Å². The maximum Gasteiger partial charge on any atom is 0.247 e. The van der Waals surface area contributed by atoms with Gasteiger partial charge in [0.15, 0.2) is 6.29 Å². The zero-order chi connectivity index (χ0) is 37.8. The lowest BCUT2D eigenvalue weighted by Gasteiger charge is -2.45. The quantitative estimate of drug-likeness (QED) is 0.144. The second-order valence-electron chi connectivity index (χ2n) is 14.5. The van der Waals surface area contributed by atoms with Gasteiger partial charge in [-0.25, -0.2) is 13.1 Å². The van der Waals surface area contributed by atoms with Gasteiger partial charge in [-0.15, -0.1) is 0 Å². The number of likely N-dealkylation sites (tertiary alicyclic amines) is 1. The van der Waals surface area contributed by atoms with Gasteiger partial charge in [0.05, 0.1) is 30.4 Å². The number of para-hydroxylation sites is 1. The third-order valence-electron chi connectivity index (χ3n) is 11.2. The predicted octanol–water partition coefficient (Wildman–Crippen LogP) is 6.30. The summed E-state index contributed by atoms with van der Waals surface area (Å²) >= 11 is 0. The van der Waals surface area contributed by atoms with Crippen LogP contribution in [0.15, 0.2) is 138 Å². The number of aliphatic hydroxyl groups excluding tert-OH is 1. The Hall–Kier alpha value is -4.88. The van der Waals surface area contributed by atoms with Crippen LogP contribution in [0, 0.1) is 0 Å². The number of nitrogens with zero attached hydrogens (tertiary/aromatic N) is 2. The van der Waals surface area contributed by atoms with Crippen molar-refractivity contribution in [1.82, 2.24) is 14.9 Å². The largest absolute Gasteiger partial charge is 0.392 e. The number of ether oxygens (including phenoxy) is 2. The molecular formula is C44H46N4O6S. The van der Waals surface area contributed by atoms with Crippen LogP contribution < -0.4 is 14.9 Å². The van der Waals surface area contributed by atoms with Crippen molar-refractivity contribution in [1.29, 1.82) is 0 Å². The molecule has 1 spiro atoms. The van der Waals surface area contributed by atoms with Crippen molar-refractivity contribution in [3.63, 3.8) is 0 Å². The number of hydrogen-bond acceptors (Lipinski definition) is 8. The Balaban J connectivity index is 0.981. The average molecular weight is 759 g/mol. The number of nitrogens with one attached hydrogen (secondary N) is 2. The number of hydrogen-bond donors (Lipinski definition) is 3. The van der Waals surface area contributed by atoms with Crippen LogP contribution in [-0.4, -0.2) is 62.3 Å². The van der Waals surface area contributed by atoms with E-state index in [1.165, 1.54) is 0 Å². The highest BCUT2D eigenvalue weighted by molar-refractivity contribution is 7.89. The van der Waals surface area contributed by atoms with Gasteiger partial charge in [0.2, 0.25) is 15.9 Å². The zero-order valence-electron chi connectivity index (χ0n) is 30.6. The Bertz CT molecular complexity index is 2180. The molecule has 55 heavy (non-hydrogen) atoms. The highest BCUT2D eigenvalue weighted by Gasteiger charge is 2.50. The Morgan fingerprint density at radius 2 is 1.44 bits per heavy atom. The smallest absolute Gasteiger partial charge is 0.247 e. The fourth-order valence-corrected chi connectivity index (χ4v) is 9.12. The monoisotopic (exact) mass is 758 g/mol. The van der Waals surface area contributed by atoms with E-state index in [1.807, 2.05) is 91.0 Å². The molecule has 0 radical (unpaired) electrons. The van der Waals surface area contributed by atoms with Crippen LogP contribution in [0.5, 0.6) is 0 Å². The standard InChI is InChI=1S/C44H46N4O6S/c49-30-32-15-17-34(18-16-32)41-27-38(29-47-25-23-44(24-26-47)43(50)45-31-48(44)37-10-3-1-4-11-37)53-42(54-41)35-21-19-33(20-22-35)40-14-8-7-9-36(40)28-46-55(51,52)39-12-5-2-6-13-39/h1-22,38,41-42,46,49H,23-31H2,(H,45,50). The van der Waals surface area contributed by atoms with E-state index in [0.717, 1.165) is 65.0 Å². The Kier molecular flexibility index (Phi) is 10.8. The van der Waals surface area contributed by atoms with Crippen LogP contribution in [0.1, 0.15) is 53.9 Å². The molecule has 5 aromatic rings. The molecule has 3 unspecified atom stereocenters. The molecule has 11 heteroatoms. The molecule has 0 aromatic heterocycles. The van der Waals surface area contributed by atoms with Crippen molar-refractivity contribution in [3.8, 4) is 11.1 Å². The lowest BCUT2D eigenvalue weighted by molar-refractivity contribution is -0.253. The van der Waals surface area contributed by atoms with Crippen LogP contribution in [0.2, 0.25) is 0 Å². The van der Waals surface area contributed by atoms with Crippen LogP contribution >= 0.6 is 0 Å². The van der Waals surface area contributed by atoms with E-state index in [4.69, 9.17) is 9.47 Å². The minimum Gasteiger partial charge on any atom is -0.392 e. The summed E-state index contributed by atoms with van der Waals surface area (Å²) in [5.41, 5.74) is 5.99.